The van der Waals surface area contributed by atoms with Crippen molar-refractivity contribution in [3.05, 3.63) is 71.3 Å². The number of halogens is 1. The third kappa shape index (κ3) is 6.85. The lowest BCUT2D eigenvalue weighted by atomic mass is 9.89. The van der Waals surface area contributed by atoms with Crippen molar-refractivity contribution in [1.29, 1.82) is 0 Å². The van der Waals surface area contributed by atoms with Crippen LogP contribution in [-0.4, -0.2) is 49.4 Å². The van der Waals surface area contributed by atoms with Crippen molar-refractivity contribution in [2.45, 2.75) is 56.7 Å². The molecule has 1 amide bonds. The molecule has 8 heteroatoms. The molecular weight excluding hydrogens is 542 g/mol. The van der Waals surface area contributed by atoms with Gasteiger partial charge in [0.2, 0.25) is 0 Å². The molecule has 1 aliphatic heterocycles. The molecule has 0 bridgehead atoms. The predicted octanol–water partition coefficient (Wildman–Crippen LogP) is 6.67. The van der Waals surface area contributed by atoms with E-state index in [0.29, 0.717) is 23.8 Å². The highest BCUT2D eigenvalue weighted by molar-refractivity contribution is 9.10. The SMILES string of the molecule is COC(=O)Nc1cccc(-c2ccnc(NC3CCCCC3NC3CCCN(c4ccc(Br)cc4)C3)c2)c1. The lowest BCUT2D eigenvalue weighted by molar-refractivity contribution is 0.187. The van der Waals surface area contributed by atoms with Crippen LogP contribution in [0.2, 0.25) is 0 Å². The highest BCUT2D eigenvalue weighted by atomic mass is 79.9. The van der Waals surface area contributed by atoms with Gasteiger partial charge in [-0.3, -0.25) is 5.32 Å². The van der Waals surface area contributed by atoms with E-state index >= 15 is 0 Å². The van der Waals surface area contributed by atoms with Gasteiger partial charge in [0.1, 0.15) is 5.82 Å². The number of carbonyl (C=O) groups excluding carboxylic acids is 1. The van der Waals surface area contributed by atoms with Gasteiger partial charge in [-0.25, -0.2) is 9.78 Å². The average molecular weight is 579 g/mol. The second kappa shape index (κ2) is 12.6. The van der Waals surface area contributed by atoms with E-state index in [1.165, 1.54) is 44.9 Å². The highest BCUT2D eigenvalue weighted by Crippen LogP contribution is 2.28. The van der Waals surface area contributed by atoms with Gasteiger partial charge in [0, 0.05) is 53.3 Å². The van der Waals surface area contributed by atoms with E-state index in [2.05, 4.69) is 72.1 Å². The molecule has 5 rings (SSSR count). The van der Waals surface area contributed by atoms with E-state index in [4.69, 9.17) is 4.74 Å². The molecule has 2 fully saturated rings. The first-order chi connectivity index (χ1) is 18.6. The Morgan fingerprint density at radius 1 is 0.974 bits per heavy atom. The fourth-order valence-corrected chi connectivity index (χ4v) is 5.89. The van der Waals surface area contributed by atoms with Gasteiger partial charge in [-0.1, -0.05) is 40.9 Å². The number of carbonyl (C=O) groups is 1. The van der Waals surface area contributed by atoms with Crippen molar-refractivity contribution in [2.75, 3.05) is 35.7 Å². The molecule has 3 N–H and O–H groups in total. The number of methoxy groups -OCH3 is 1. The minimum absolute atomic E-state index is 0.335. The largest absolute Gasteiger partial charge is 0.453 e. The molecule has 0 spiro atoms. The van der Waals surface area contributed by atoms with Crippen LogP contribution >= 0.6 is 15.9 Å². The number of amides is 1. The Bertz CT molecular complexity index is 1220. The monoisotopic (exact) mass is 577 g/mol. The summed E-state index contributed by atoms with van der Waals surface area (Å²) in [6.07, 6.45) is 8.57. The molecular formula is C30H36BrN5O2. The van der Waals surface area contributed by atoms with Crippen molar-refractivity contribution >= 4 is 39.2 Å². The van der Waals surface area contributed by atoms with Gasteiger partial charge in [0.05, 0.1) is 7.11 Å². The third-order valence-corrected chi connectivity index (χ3v) is 8.08. The standard InChI is InChI=1S/C30H36BrN5O2/c1-38-30(37)34-24-7-4-6-21(18-24)22-15-16-32-29(19-22)35-28-10-3-2-9-27(28)33-25-8-5-17-36(20-25)26-13-11-23(31)12-14-26/h4,6-7,11-16,18-19,25,27-28,33H,2-3,5,8-10,17,20H2,1H3,(H,32,35)(H,34,37). The zero-order chi connectivity index (χ0) is 26.3. The van der Waals surface area contributed by atoms with Gasteiger partial charge in [-0.15, -0.1) is 0 Å². The molecule has 3 atom stereocenters. The summed E-state index contributed by atoms with van der Waals surface area (Å²) in [6, 6.07) is 21.7. The Labute approximate surface area is 233 Å². The molecule has 200 valence electrons. The Hall–Kier alpha value is -3.10. The number of nitrogens with one attached hydrogen (secondary N) is 3. The first-order valence-electron chi connectivity index (χ1n) is 13.5. The minimum atomic E-state index is -0.479. The van der Waals surface area contributed by atoms with E-state index in [0.717, 1.165) is 40.9 Å². The number of ether oxygens (including phenoxy) is 1. The summed E-state index contributed by atoms with van der Waals surface area (Å²) in [5, 5.41) is 10.5. The van der Waals surface area contributed by atoms with E-state index in [9.17, 15) is 4.79 Å². The van der Waals surface area contributed by atoms with E-state index in [-0.39, 0.29) is 0 Å². The summed E-state index contributed by atoms with van der Waals surface area (Å²) < 4.78 is 5.84. The number of hydrogen-bond acceptors (Lipinski definition) is 6. The number of pyridine rings is 1. The maximum atomic E-state index is 11.6. The van der Waals surface area contributed by atoms with Gasteiger partial charge in [-0.05, 0) is 85.3 Å². The summed E-state index contributed by atoms with van der Waals surface area (Å²) >= 11 is 3.55. The molecule has 1 saturated carbocycles. The lowest BCUT2D eigenvalue weighted by Gasteiger charge is -2.40. The molecule has 2 aliphatic rings. The zero-order valence-electron chi connectivity index (χ0n) is 21.8. The Kier molecular flexibility index (Phi) is 8.81. The Morgan fingerprint density at radius 2 is 1.76 bits per heavy atom. The molecule has 1 saturated heterocycles. The molecule has 1 aromatic heterocycles. The molecule has 7 nitrogen and oxygen atoms in total. The van der Waals surface area contributed by atoms with Gasteiger partial charge in [0.15, 0.2) is 0 Å². The van der Waals surface area contributed by atoms with Crippen molar-refractivity contribution in [2.24, 2.45) is 0 Å². The number of benzene rings is 2. The van der Waals surface area contributed by atoms with Gasteiger partial charge < -0.3 is 20.3 Å². The number of nitrogens with zero attached hydrogens (tertiary/aromatic N) is 2. The lowest BCUT2D eigenvalue weighted by Crippen LogP contribution is -2.54. The number of aromatic nitrogens is 1. The summed E-state index contributed by atoms with van der Waals surface area (Å²) in [6.45, 7) is 2.15. The topological polar surface area (TPSA) is 78.5 Å². The Morgan fingerprint density at radius 3 is 2.58 bits per heavy atom. The maximum Gasteiger partial charge on any atom is 0.411 e. The molecule has 38 heavy (non-hydrogen) atoms. The van der Waals surface area contributed by atoms with Crippen LogP contribution < -0.4 is 20.9 Å². The van der Waals surface area contributed by atoms with Crippen LogP contribution in [0.5, 0.6) is 0 Å². The van der Waals surface area contributed by atoms with Crippen LogP contribution in [-0.2, 0) is 4.74 Å². The van der Waals surface area contributed by atoms with Gasteiger partial charge >= 0.3 is 6.09 Å². The summed E-state index contributed by atoms with van der Waals surface area (Å²) in [7, 11) is 1.36. The van der Waals surface area contributed by atoms with Crippen LogP contribution in [0.3, 0.4) is 0 Å². The summed E-state index contributed by atoms with van der Waals surface area (Å²) in [4.78, 5) is 18.8. The van der Waals surface area contributed by atoms with Crippen LogP contribution in [0.4, 0.5) is 22.0 Å². The van der Waals surface area contributed by atoms with Crippen molar-refractivity contribution in [1.82, 2.24) is 10.3 Å². The van der Waals surface area contributed by atoms with Crippen molar-refractivity contribution in [3.63, 3.8) is 0 Å². The van der Waals surface area contributed by atoms with Crippen LogP contribution in [0.25, 0.3) is 11.1 Å². The van der Waals surface area contributed by atoms with Gasteiger partial charge in [0.25, 0.3) is 0 Å². The fraction of sp³-hybridized carbons (Fsp3) is 0.400. The maximum absolute atomic E-state index is 11.6. The van der Waals surface area contributed by atoms with Crippen LogP contribution in [0.1, 0.15) is 38.5 Å². The number of hydrogen-bond donors (Lipinski definition) is 3. The zero-order valence-corrected chi connectivity index (χ0v) is 23.4. The van der Waals surface area contributed by atoms with Crippen molar-refractivity contribution in [3.8, 4) is 11.1 Å². The van der Waals surface area contributed by atoms with E-state index < -0.39 is 6.09 Å². The minimum Gasteiger partial charge on any atom is -0.453 e. The normalized spacial score (nSPS) is 21.5. The fourth-order valence-electron chi connectivity index (χ4n) is 5.63. The van der Waals surface area contributed by atoms with Crippen LogP contribution in [0.15, 0.2) is 71.3 Å². The summed E-state index contributed by atoms with van der Waals surface area (Å²) in [5.41, 5.74) is 4.05. The quantitative estimate of drug-likeness (QED) is 0.291. The van der Waals surface area contributed by atoms with E-state index in [1.807, 2.05) is 36.5 Å². The van der Waals surface area contributed by atoms with Crippen molar-refractivity contribution < 1.29 is 9.53 Å². The highest BCUT2D eigenvalue weighted by Gasteiger charge is 2.29. The molecule has 3 aromatic rings. The van der Waals surface area contributed by atoms with Crippen LogP contribution in [0, 0.1) is 0 Å². The smallest absolute Gasteiger partial charge is 0.411 e. The predicted molar refractivity (Wildman–Crippen MR) is 158 cm³/mol. The molecule has 2 heterocycles. The molecule has 0 radical (unpaired) electrons. The second-order valence-electron chi connectivity index (χ2n) is 10.2. The first kappa shape index (κ1) is 26.5. The second-order valence-corrected chi connectivity index (χ2v) is 11.1. The summed E-state index contributed by atoms with van der Waals surface area (Å²) in [5.74, 6) is 0.882. The molecule has 2 aromatic carbocycles. The van der Waals surface area contributed by atoms with Gasteiger partial charge in [-0.2, -0.15) is 0 Å². The number of rotatable bonds is 7. The molecule has 3 unspecified atom stereocenters. The first-order valence-corrected chi connectivity index (χ1v) is 14.3. The van der Waals surface area contributed by atoms with E-state index in [1.54, 1.807) is 0 Å². The number of piperidine rings is 1. The third-order valence-electron chi connectivity index (χ3n) is 7.55. The molecule has 1 aliphatic carbocycles. The Balaban J connectivity index is 1.24. The number of anilines is 3. The average Bonchev–Trinajstić information content (AvgIpc) is 2.95.